The van der Waals surface area contributed by atoms with Crippen LogP contribution in [0.25, 0.3) is 0 Å². The van der Waals surface area contributed by atoms with E-state index in [4.69, 9.17) is 4.74 Å². The summed E-state index contributed by atoms with van der Waals surface area (Å²) in [4.78, 5) is 0. The summed E-state index contributed by atoms with van der Waals surface area (Å²) < 4.78 is 46.8. The number of nitrogens with one attached hydrogen (secondary N) is 1. The molecule has 1 atom stereocenters. The molecule has 0 fully saturated rings. The lowest BCUT2D eigenvalue weighted by Crippen LogP contribution is -2.30. The standard InChI is InChI=1S/C14H20F3NO2/c1-3-18-10-12-6-4-5-7-13(12)20-9-8-19-11(2)14(15,16)17/h4-7,11,18H,3,8-10H2,1-2H3. The molecule has 1 rings (SSSR count). The van der Waals surface area contributed by atoms with Gasteiger partial charge in [-0.3, -0.25) is 0 Å². The number of rotatable bonds is 8. The summed E-state index contributed by atoms with van der Waals surface area (Å²) in [5.41, 5.74) is 0.971. The lowest BCUT2D eigenvalue weighted by atomic mass is 10.2. The van der Waals surface area contributed by atoms with E-state index in [1.807, 2.05) is 25.1 Å². The highest BCUT2D eigenvalue weighted by Crippen LogP contribution is 2.22. The monoisotopic (exact) mass is 291 g/mol. The van der Waals surface area contributed by atoms with Gasteiger partial charge in [-0.05, 0) is 19.5 Å². The molecule has 0 heterocycles. The van der Waals surface area contributed by atoms with Crippen molar-refractivity contribution in [1.29, 1.82) is 0 Å². The van der Waals surface area contributed by atoms with Crippen LogP contribution in [0.15, 0.2) is 24.3 Å². The average molecular weight is 291 g/mol. The first-order valence-electron chi connectivity index (χ1n) is 6.55. The number of ether oxygens (including phenoxy) is 2. The summed E-state index contributed by atoms with van der Waals surface area (Å²) in [6.07, 6.45) is -6.11. The van der Waals surface area contributed by atoms with Crippen molar-refractivity contribution < 1.29 is 22.6 Å². The number of halogens is 3. The van der Waals surface area contributed by atoms with Crippen LogP contribution in [0.2, 0.25) is 0 Å². The second kappa shape index (κ2) is 8.11. The molecule has 6 heteroatoms. The topological polar surface area (TPSA) is 30.5 Å². The summed E-state index contributed by atoms with van der Waals surface area (Å²) in [6, 6.07) is 7.42. The van der Waals surface area contributed by atoms with E-state index in [0.717, 1.165) is 19.0 Å². The van der Waals surface area contributed by atoms with Crippen LogP contribution >= 0.6 is 0 Å². The fourth-order valence-corrected chi connectivity index (χ4v) is 1.52. The smallest absolute Gasteiger partial charge is 0.414 e. The molecule has 0 radical (unpaired) electrons. The van der Waals surface area contributed by atoms with Crippen LogP contribution < -0.4 is 10.1 Å². The van der Waals surface area contributed by atoms with E-state index in [2.05, 4.69) is 10.1 Å². The Labute approximate surface area is 117 Å². The molecular weight excluding hydrogens is 271 g/mol. The molecule has 0 saturated heterocycles. The van der Waals surface area contributed by atoms with Crippen LogP contribution in [0.3, 0.4) is 0 Å². The predicted molar refractivity (Wildman–Crippen MR) is 70.8 cm³/mol. The van der Waals surface area contributed by atoms with Crippen molar-refractivity contribution >= 4 is 0 Å². The largest absolute Gasteiger partial charge is 0.491 e. The molecule has 1 aromatic carbocycles. The van der Waals surface area contributed by atoms with Gasteiger partial charge in [0, 0.05) is 12.1 Å². The number of para-hydroxylation sites is 1. The SMILES string of the molecule is CCNCc1ccccc1OCCOC(C)C(F)(F)F. The fourth-order valence-electron chi connectivity index (χ4n) is 1.52. The molecule has 0 saturated carbocycles. The Hall–Kier alpha value is -1.27. The quantitative estimate of drug-likeness (QED) is 0.746. The second-order valence-electron chi connectivity index (χ2n) is 4.29. The fraction of sp³-hybridized carbons (Fsp3) is 0.571. The van der Waals surface area contributed by atoms with Crippen molar-refractivity contribution in [3.8, 4) is 5.75 Å². The molecule has 0 aliphatic rings. The Morgan fingerprint density at radius 3 is 2.55 bits per heavy atom. The summed E-state index contributed by atoms with van der Waals surface area (Å²) in [5, 5.41) is 3.17. The van der Waals surface area contributed by atoms with Gasteiger partial charge in [0.1, 0.15) is 12.4 Å². The van der Waals surface area contributed by atoms with Crippen molar-refractivity contribution in [1.82, 2.24) is 5.32 Å². The summed E-state index contributed by atoms with van der Waals surface area (Å²) in [6.45, 7) is 4.46. The lowest BCUT2D eigenvalue weighted by Gasteiger charge is -2.17. The molecule has 20 heavy (non-hydrogen) atoms. The zero-order chi connectivity index (χ0) is 15.0. The van der Waals surface area contributed by atoms with Gasteiger partial charge in [-0.2, -0.15) is 13.2 Å². The highest BCUT2D eigenvalue weighted by atomic mass is 19.4. The molecule has 1 unspecified atom stereocenters. The van der Waals surface area contributed by atoms with Crippen LogP contribution in [-0.4, -0.2) is 32.0 Å². The zero-order valence-corrected chi connectivity index (χ0v) is 11.7. The Kier molecular flexibility index (Phi) is 6.81. The van der Waals surface area contributed by atoms with Crippen molar-refractivity contribution in [2.24, 2.45) is 0 Å². The molecule has 1 N–H and O–H groups in total. The van der Waals surface area contributed by atoms with E-state index in [9.17, 15) is 13.2 Å². The van der Waals surface area contributed by atoms with Crippen molar-refractivity contribution in [3.63, 3.8) is 0 Å². The van der Waals surface area contributed by atoms with E-state index in [1.165, 1.54) is 0 Å². The van der Waals surface area contributed by atoms with Gasteiger partial charge < -0.3 is 14.8 Å². The molecule has 0 spiro atoms. The van der Waals surface area contributed by atoms with Crippen molar-refractivity contribution in [2.75, 3.05) is 19.8 Å². The van der Waals surface area contributed by atoms with Gasteiger partial charge in [-0.1, -0.05) is 25.1 Å². The second-order valence-corrected chi connectivity index (χ2v) is 4.29. The molecular formula is C14H20F3NO2. The molecule has 1 aromatic rings. The summed E-state index contributed by atoms with van der Waals surface area (Å²) in [5.74, 6) is 0.664. The van der Waals surface area contributed by atoms with Crippen LogP contribution in [-0.2, 0) is 11.3 Å². The maximum Gasteiger partial charge on any atom is 0.414 e. The number of alkyl halides is 3. The molecule has 0 aliphatic carbocycles. The van der Waals surface area contributed by atoms with Gasteiger partial charge >= 0.3 is 6.18 Å². The third-order valence-electron chi connectivity index (χ3n) is 2.71. The van der Waals surface area contributed by atoms with E-state index in [1.54, 1.807) is 6.07 Å². The molecule has 3 nitrogen and oxygen atoms in total. The Morgan fingerprint density at radius 2 is 1.90 bits per heavy atom. The van der Waals surface area contributed by atoms with Gasteiger partial charge in [0.25, 0.3) is 0 Å². The highest BCUT2D eigenvalue weighted by Gasteiger charge is 2.36. The van der Waals surface area contributed by atoms with Gasteiger partial charge in [0.2, 0.25) is 0 Å². The average Bonchev–Trinajstić information content (AvgIpc) is 2.41. The molecule has 0 aromatic heterocycles. The Bertz CT molecular complexity index is 396. The molecule has 114 valence electrons. The van der Waals surface area contributed by atoms with Crippen LogP contribution in [0.1, 0.15) is 19.4 Å². The predicted octanol–water partition coefficient (Wildman–Crippen LogP) is 3.14. The van der Waals surface area contributed by atoms with Gasteiger partial charge in [-0.25, -0.2) is 0 Å². The van der Waals surface area contributed by atoms with Gasteiger partial charge in [0.15, 0.2) is 6.10 Å². The van der Waals surface area contributed by atoms with Crippen LogP contribution in [0.5, 0.6) is 5.75 Å². The minimum atomic E-state index is -4.33. The van der Waals surface area contributed by atoms with Gasteiger partial charge in [-0.15, -0.1) is 0 Å². The Morgan fingerprint density at radius 1 is 1.20 bits per heavy atom. The van der Waals surface area contributed by atoms with E-state index < -0.39 is 12.3 Å². The third kappa shape index (κ3) is 5.79. The third-order valence-corrected chi connectivity index (χ3v) is 2.71. The highest BCUT2D eigenvalue weighted by molar-refractivity contribution is 5.33. The summed E-state index contributed by atoms with van der Waals surface area (Å²) in [7, 11) is 0. The maximum absolute atomic E-state index is 12.2. The first kappa shape index (κ1) is 16.8. The minimum absolute atomic E-state index is 0.0869. The van der Waals surface area contributed by atoms with Crippen molar-refractivity contribution in [2.45, 2.75) is 32.7 Å². The Balaban J connectivity index is 2.38. The normalized spacial score (nSPS) is 13.2. The van der Waals surface area contributed by atoms with E-state index >= 15 is 0 Å². The number of benzene rings is 1. The molecule has 0 amide bonds. The van der Waals surface area contributed by atoms with E-state index in [-0.39, 0.29) is 13.2 Å². The zero-order valence-electron chi connectivity index (χ0n) is 11.7. The lowest BCUT2D eigenvalue weighted by molar-refractivity contribution is -0.215. The first-order valence-corrected chi connectivity index (χ1v) is 6.55. The van der Waals surface area contributed by atoms with Gasteiger partial charge in [0.05, 0.1) is 6.61 Å². The first-order chi connectivity index (χ1) is 9.45. The summed E-state index contributed by atoms with van der Waals surface area (Å²) >= 11 is 0. The van der Waals surface area contributed by atoms with Crippen LogP contribution in [0.4, 0.5) is 13.2 Å². The molecule has 0 aliphatic heterocycles. The minimum Gasteiger partial charge on any atom is -0.491 e. The molecule has 0 bridgehead atoms. The van der Waals surface area contributed by atoms with E-state index in [0.29, 0.717) is 12.3 Å². The van der Waals surface area contributed by atoms with Crippen LogP contribution in [0, 0.1) is 0 Å². The number of hydrogen-bond donors (Lipinski definition) is 1. The van der Waals surface area contributed by atoms with Crippen molar-refractivity contribution in [3.05, 3.63) is 29.8 Å². The maximum atomic E-state index is 12.2. The number of hydrogen-bond acceptors (Lipinski definition) is 3.